The van der Waals surface area contributed by atoms with Crippen molar-refractivity contribution in [2.24, 2.45) is 5.92 Å². The van der Waals surface area contributed by atoms with Crippen LogP contribution in [0, 0.1) is 5.92 Å². The normalized spacial score (nSPS) is 19.3. The van der Waals surface area contributed by atoms with Crippen molar-refractivity contribution in [3.63, 3.8) is 0 Å². The number of hydrogen-bond donors (Lipinski definition) is 4. The first-order chi connectivity index (χ1) is 16.9. The van der Waals surface area contributed by atoms with Gasteiger partial charge >= 0.3 is 12.1 Å². The molecule has 1 saturated heterocycles. The second-order valence-electron chi connectivity index (χ2n) is 8.89. The average molecular weight is 480 g/mol. The van der Waals surface area contributed by atoms with E-state index in [9.17, 15) is 24.3 Å². The van der Waals surface area contributed by atoms with E-state index in [1.807, 2.05) is 43.3 Å². The van der Waals surface area contributed by atoms with Crippen LogP contribution in [-0.4, -0.2) is 54.2 Å². The van der Waals surface area contributed by atoms with Gasteiger partial charge in [0.15, 0.2) is 0 Å². The van der Waals surface area contributed by atoms with Crippen LogP contribution in [0.1, 0.15) is 43.2 Å². The van der Waals surface area contributed by atoms with Gasteiger partial charge in [-0.1, -0.05) is 61.9 Å². The predicted octanol–water partition coefficient (Wildman–Crippen LogP) is 2.40. The van der Waals surface area contributed by atoms with E-state index >= 15 is 0 Å². The van der Waals surface area contributed by atoms with Crippen LogP contribution in [0.2, 0.25) is 0 Å². The molecule has 1 aliphatic heterocycles. The fourth-order valence-corrected chi connectivity index (χ4v) is 4.85. The summed E-state index contributed by atoms with van der Waals surface area (Å²) in [4.78, 5) is 48.4. The molecule has 184 valence electrons. The van der Waals surface area contributed by atoms with E-state index < -0.39 is 41.9 Å². The third kappa shape index (κ3) is 5.29. The Bertz CT molecular complexity index is 1090. The maximum Gasteiger partial charge on any atom is 0.407 e. The van der Waals surface area contributed by atoms with Gasteiger partial charge in [-0.2, -0.15) is 0 Å². The van der Waals surface area contributed by atoms with Crippen molar-refractivity contribution < 1.29 is 29.0 Å². The lowest BCUT2D eigenvalue weighted by atomic mass is 9.98. The Morgan fingerprint density at radius 1 is 1.09 bits per heavy atom. The number of rotatable bonds is 9. The van der Waals surface area contributed by atoms with E-state index in [0.29, 0.717) is 12.8 Å². The highest BCUT2D eigenvalue weighted by Gasteiger charge is 2.40. The number of fused-ring (bicyclic) bond motifs is 3. The lowest BCUT2D eigenvalue weighted by Gasteiger charge is -2.21. The summed E-state index contributed by atoms with van der Waals surface area (Å²) in [6, 6.07) is 14.5. The van der Waals surface area contributed by atoms with Crippen LogP contribution < -0.4 is 16.0 Å². The topological polar surface area (TPSA) is 134 Å². The first kappa shape index (κ1) is 24.3. The summed E-state index contributed by atoms with van der Waals surface area (Å²) < 4.78 is 5.57. The summed E-state index contributed by atoms with van der Waals surface area (Å²) in [5, 5.41) is 17.0. The second-order valence-corrected chi connectivity index (χ2v) is 8.89. The van der Waals surface area contributed by atoms with Crippen molar-refractivity contribution >= 4 is 23.9 Å². The zero-order valence-corrected chi connectivity index (χ0v) is 19.5. The van der Waals surface area contributed by atoms with Crippen LogP contribution in [0.15, 0.2) is 48.5 Å². The number of aliphatic carboxylic acids is 1. The Kier molecular flexibility index (Phi) is 7.33. The number of carboxylic acid groups (broad SMARTS) is 1. The number of amides is 3. The molecule has 4 rings (SSSR count). The van der Waals surface area contributed by atoms with Crippen molar-refractivity contribution in [3.05, 3.63) is 59.7 Å². The molecule has 1 aliphatic carbocycles. The number of alkyl carbamates (subject to hydrolysis) is 1. The molecule has 2 aromatic carbocycles. The fourth-order valence-electron chi connectivity index (χ4n) is 4.85. The largest absolute Gasteiger partial charge is 0.481 e. The number of hydrogen-bond acceptors (Lipinski definition) is 5. The molecule has 0 saturated carbocycles. The minimum Gasteiger partial charge on any atom is -0.481 e. The molecule has 0 radical (unpaired) electrons. The van der Waals surface area contributed by atoms with Gasteiger partial charge in [0.1, 0.15) is 18.6 Å². The van der Waals surface area contributed by atoms with Crippen LogP contribution in [-0.2, 0) is 19.1 Å². The van der Waals surface area contributed by atoms with E-state index in [0.717, 1.165) is 22.3 Å². The molecule has 3 atom stereocenters. The van der Waals surface area contributed by atoms with E-state index in [4.69, 9.17) is 4.74 Å². The van der Waals surface area contributed by atoms with Crippen LogP contribution >= 0.6 is 0 Å². The van der Waals surface area contributed by atoms with Crippen LogP contribution in [0.4, 0.5) is 4.79 Å². The Hall–Kier alpha value is -3.88. The smallest absolute Gasteiger partial charge is 0.407 e. The number of ether oxygens (including phenoxy) is 1. The molecule has 2 aromatic rings. The number of carbonyl (C=O) groups excluding carboxylic acids is 3. The lowest BCUT2D eigenvalue weighted by Crippen LogP contribution is -2.48. The summed E-state index contributed by atoms with van der Waals surface area (Å²) in [5.41, 5.74) is 4.48. The predicted molar refractivity (Wildman–Crippen MR) is 128 cm³/mol. The lowest BCUT2D eigenvalue weighted by molar-refractivity contribution is -0.143. The highest BCUT2D eigenvalue weighted by Crippen LogP contribution is 2.44. The Morgan fingerprint density at radius 3 is 2.31 bits per heavy atom. The second kappa shape index (κ2) is 10.6. The number of benzene rings is 2. The highest BCUT2D eigenvalue weighted by molar-refractivity contribution is 5.94. The summed E-state index contributed by atoms with van der Waals surface area (Å²) in [6.45, 7) is 2.05. The first-order valence-corrected chi connectivity index (χ1v) is 11.8. The van der Waals surface area contributed by atoms with Crippen molar-refractivity contribution in [2.45, 2.75) is 44.2 Å². The maximum absolute atomic E-state index is 12.6. The molecule has 2 unspecified atom stereocenters. The molecule has 2 aliphatic rings. The molecule has 4 N–H and O–H groups in total. The van der Waals surface area contributed by atoms with E-state index in [1.54, 1.807) is 0 Å². The molecule has 0 aromatic heterocycles. The van der Waals surface area contributed by atoms with Gasteiger partial charge in [0.2, 0.25) is 11.8 Å². The van der Waals surface area contributed by atoms with Crippen molar-refractivity contribution in [1.82, 2.24) is 16.0 Å². The summed E-state index contributed by atoms with van der Waals surface area (Å²) >= 11 is 0. The number of carbonyl (C=O) groups is 4. The highest BCUT2D eigenvalue weighted by atomic mass is 16.5. The zero-order valence-electron chi connectivity index (χ0n) is 19.5. The minimum atomic E-state index is -1.16. The van der Waals surface area contributed by atoms with Crippen LogP contribution in [0.5, 0.6) is 0 Å². The molecule has 9 nitrogen and oxygen atoms in total. The molecule has 1 heterocycles. The fraction of sp³-hybridized carbons (Fsp3) is 0.385. The van der Waals surface area contributed by atoms with Gasteiger partial charge < -0.3 is 25.8 Å². The van der Waals surface area contributed by atoms with E-state index in [-0.39, 0.29) is 25.5 Å². The van der Waals surface area contributed by atoms with Crippen LogP contribution in [0.25, 0.3) is 11.1 Å². The third-order valence-electron chi connectivity index (χ3n) is 6.55. The standard InChI is InChI=1S/C26H29N3O6/c1-2-7-15(12-22(30)29-23-20(25(32)33)13-27-24(23)31)28-26(34)35-14-21-18-10-5-3-8-16(18)17-9-4-6-11-19(17)21/h3-6,8-11,15,20-21,23H,2,7,12-14H2,1H3,(H,27,31)(H,28,34)(H,29,30)(H,32,33)/t15-,20?,23?/m0/s1. The summed E-state index contributed by atoms with van der Waals surface area (Å²) in [7, 11) is 0. The van der Waals surface area contributed by atoms with E-state index in [1.165, 1.54) is 0 Å². The first-order valence-electron chi connectivity index (χ1n) is 11.8. The Morgan fingerprint density at radius 2 is 1.71 bits per heavy atom. The Labute approximate surface area is 203 Å². The van der Waals surface area contributed by atoms with Gasteiger partial charge in [-0.05, 0) is 28.7 Å². The molecule has 35 heavy (non-hydrogen) atoms. The van der Waals surface area contributed by atoms with Gasteiger partial charge in [0.25, 0.3) is 0 Å². The van der Waals surface area contributed by atoms with Gasteiger partial charge in [-0.25, -0.2) is 4.79 Å². The molecule has 0 bridgehead atoms. The van der Waals surface area contributed by atoms with Gasteiger partial charge in [0.05, 0.1) is 0 Å². The van der Waals surface area contributed by atoms with Gasteiger partial charge in [-0.15, -0.1) is 0 Å². The monoisotopic (exact) mass is 479 g/mol. The summed E-state index contributed by atoms with van der Waals surface area (Å²) in [6.07, 6.45) is 0.522. The van der Waals surface area contributed by atoms with Crippen molar-refractivity contribution in [2.75, 3.05) is 13.2 Å². The Balaban J connectivity index is 1.34. The molecule has 1 fully saturated rings. The molecular formula is C26H29N3O6. The zero-order chi connectivity index (χ0) is 24.9. The van der Waals surface area contributed by atoms with Gasteiger partial charge in [-0.3, -0.25) is 14.4 Å². The average Bonchev–Trinajstić information content (AvgIpc) is 3.35. The number of nitrogens with one attached hydrogen (secondary N) is 3. The molecule has 3 amide bonds. The SMILES string of the molecule is CCC[C@@H](CC(=O)NC1C(=O)NCC1C(=O)O)NC(=O)OCC1c2ccccc2-c2ccccc21. The molecule has 0 spiro atoms. The third-order valence-corrected chi connectivity index (χ3v) is 6.55. The number of carboxylic acids is 1. The molecule has 9 heteroatoms. The van der Waals surface area contributed by atoms with Crippen LogP contribution in [0.3, 0.4) is 0 Å². The maximum atomic E-state index is 12.6. The molecular weight excluding hydrogens is 450 g/mol. The van der Waals surface area contributed by atoms with Crippen molar-refractivity contribution in [1.29, 1.82) is 0 Å². The van der Waals surface area contributed by atoms with E-state index in [2.05, 4.69) is 28.1 Å². The minimum absolute atomic E-state index is 0.0322. The van der Waals surface area contributed by atoms with Crippen molar-refractivity contribution in [3.8, 4) is 11.1 Å². The quantitative estimate of drug-likeness (QED) is 0.436. The summed E-state index contributed by atoms with van der Waals surface area (Å²) in [5.74, 6) is -3.28. The van der Waals surface area contributed by atoms with Gasteiger partial charge in [0, 0.05) is 24.9 Å².